The number of carbonyl (C=O) groups is 1. The number of ether oxygens (including phenoxy) is 1. The lowest BCUT2D eigenvalue weighted by Crippen LogP contribution is -2.24. The summed E-state index contributed by atoms with van der Waals surface area (Å²) in [7, 11) is 0. The number of phenols is 2. The maximum atomic E-state index is 11.8. The fourth-order valence-electron chi connectivity index (χ4n) is 2.00. The van der Waals surface area contributed by atoms with Gasteiger partial charge in [0, 0.05) is 16.1 Å². The van der Waals surface area contributed by atoms with Crippen molar-refractivity contribution in [1.29, 1.82) is 0 Å². The van der Waals surface area contributed by atoms with Gasteiger partial charge in [0.05, 0.1) is 9.78 Å². The molecule has 1 amide bonds. The van der Waals surface area contributed by atoms with Gasteiger partial charge in [0.15, 0.2) is 6.61 Å². The zero-order valence-corrected chi connectivity index (χ0v) is 16.4. The summed E-state index contributed by atoms with van der Waals surface area (Å²) in [5, 5.41) is 24.1. The molecule has 0 spiro atoms. The second kappa shape index (κ2) is 8.39. The number of hydrogen-bond acceptors (Lipinski definition) is 5. The summed E-state index contributed by atoms with van der Waals surface area (Å²) in [5.74, 6) is 0.0195. The quantitative estimate of drug-likeness (QED) is 0.351. The molecule has 0 aromatic heterocycles. The predicted octanol–water partition coefficient (Wildman–Crippen LogP) is 3.50. The van der Waals surface area contributed by atoms with Crippen LogP contribution in [0.25, 0.3) is 0 Å². The normalized spacial score (nSPS) is 10.9. The Morgan fingerprint density at radius 3 is 2.76 bits per heavy atom. The molecule has 3 N–H and O–H groups in total. The van der Waals surface area contributed by atoms with E-state index in [1.54, 1.807) is 32.0 Å². The maximum absolute atomic E-state index is 11.8. The molecule has 6 nitrogen and oxygen atoms in total. The van der Waals surface area contributed by atoms with Crippen molar-refractivity contribution in [3.05, 3.63) is 49.5 Å². The molecular formula is C17H16ClIN2O4. The molecule has 0 fully saturated rings. The van der Waals surface area contributed by atoms with Crippen LogP contribution in [-0.4, -0.2) is 28.9 Å². The van der Waals surface area contributed by atoms with Gasteiger partial charge in [-0.05, 0) is 66.3 Å². The second-order valence-corrected chi connectivity index (χ2v) is 6.86. The van der Waals surface area contributed by atoms with Crippen LogP contribution in [0.15, 0.2) is 29.4 Å². The number of aromatic hydroxyl groups is 2. The molecule has 0 aliphatic rings. The van der Waals surface area contributed by atoms with Gasteiger partial charge in [-0.1, -0.05) is 11.6 Å². The molecule has 0 bridgehead atoms. The Hall–Kier alpha value is -2.00. The molecular weight excluding hydrogens is 459 g/mol. The van der Waals surface area contributed by atoms with E-state index >= 15 is 0 Å². The monoisotopic (exact) mass is 474 g/mol. The van der Waals surface area contributed by atoms with Gasteiger partial charge in [0.2, 0.25) is 0 Å². The van der Waals surface area contributed by atoms with Gasteiger partial charge >= 0.3 is 0 Å². The molecule has 0 atom stereocenters. The van der Waals surface area contributed by atoms with Gasteiger partial charge in [-0.2, -0.15) is 5.10 Å². The molecule has 0 saturated heterocycles. The van der Waals surface area contributed by atoms with E-state index in [0.29, 0.717) is 27.5 Å². The summed E-state index contributed by atoms with van der Waals surface area (Å²) < 4.78 is 6.20. The molecule has 0 aliphatic carbocycles. The molecule has 0 radical (unpaired) electrons. The zero-order chi connectivity index (χ0) is 18.6. The SMILES string of the molecule is Cc1cc(O)c(C)c(O)c1C=NNC(=O)COc1ccc(Cl)cc1I. The third kappa shape index (κ3) is 4.99. The number of nitrogens with one attached hydrogen (secondary N) is 1. The smallest absolute Gasteiger partial charge is 0.277 e. The number of hydrogen-bond donors (Lipinski definition) is 3. The number of hydrazone groups is 1. The van der Waals surface area contributed by atoms with Crippen molar-refractivity contribution >= 4 is 46.3 Å². The van der Waals surface area contributed by atoms with Gasteiger partial charge in [-0.15, -0.1) is 0 Å². The summed E-state index contributed by atoms with van der Waals surface area (Å²) in [6.07, 6.45) is 1.32. The molecule has 0 heterocycles. The van der Waals surface area contributed by atoms with Crippen molar-refractivity contribution in [1.82, 2.24) is 5.43 Å². The number of nitrogens with zero attached hydrogens (tertiary/aromatic N) is 1. The summed E-state index contributed by atoms with van der Waals surface area (Å²) in [6, 6.07) is 6.60. The zero-order valence-electron chi connectivity index (χ0n) is 13.5. The Morgan fingerprint density at radius 2 is 2.08 bits per heavy atom. The number of rotatable bonds is 5. The molecule has 0 aliphatic heterocycles. The average molecular weight is 475 g/mol. The van der Waals surface area contributed by atoms with Crippen LogP contribution in [-0.2, 0) is 4.79 Å². The second-order valence-electron chi connectivity index (χ2n) is 5.26. The van der Waals surface area contributed by atoms with E-state index < -0.39 is 5.91 Å². The first-order valence-electron chi connectivity index (χ1n) is 7.21. The van der Waals surface area contributed by atoms with Crippen LogP contribution in [0, 0.1) is 17.4 Å². The minimum atomic E-state index is -0.449. The molecule has 2 rings (SSSR count). The Labute approximate surface area is 163 Å². The van der Waals surface area contributed by atoms with E-state index in [1.807, 2.05) is 0 Å². The van der Waals surface area contributed by atoms with E-state index in [1.165, 1.54) is 12.3 Å². The van der Waals surface area contributed by atoms with Gasteiger partial charge in [0.1, 0.15) is 17.2 Å². The highest BCUT2D eigenvalue weighted by molar-refractivity contribution is 14.1. The third-order valence-electron chi connectivity index (χ3n) is 3.41. The van der Waals surface area contributed by atoms with Gasteiger partial charge in [-0.3, -0.25) is 4.79 Å². The summed E-state index contributed by atoms with van der Waals surface area (Å²) in [6.45, 7) is 3.09. The number of amides is 1. The highest BCUT2D eigenvalue weighted by atomic mass is 127. The lowest BCUT2D eigenvalue weighted by Gasteiger charge is -2.09. The van der Waals surface area contributed by atoms with Crippen molar-refractivity contribution in [3.63, 3.8) is 0 Å². The fraction of sp³-hybridized carbons (Fsp3) is 0.176. The molecule has 0 saturated carbocycles. The standard InChI is InChI=1S/C17H16ClIN2O4/c1-9-5-14(22)10(2)17(24)12(9)7-20-21-16(23)8-25-15-4-3-11(18)6-13(15)19/h3-7,22,24H,8H2,1-2H3,(H,21,23). The molecule has 8 heteroatoms. The highest BCUT2D eigenvalue weighted by Crippen LogP contribution is 2.31. The third-order valence-corrected chi connectivity index (χ3v) is 4.49. The average Bonchev–Trinajstić information content (AvgIpc) is 2.55. The van der Waals surface area contributed by atoms with Crippen molar-refractivity contribution in [3.8, 4) is 17.2 Å². The van der Waals surface area contributed by atoms with Crippen LogP contribution < -0.4 is 10.2 Å². The first-order chi connectivity index (χ1) is 11.8. The predicted molar refractivity (Wildman–Crippen MR) is 105 cm³/mol. The van der Waals surface area contributed by atoms with Crippen molar-refractivity contribution in [2.24, 2.45) is 5.10 Å². The minimum Gasteiger partial charge on any atom is -0.508 e. The minimum absolute atomic E-state index is 0.00199. The maximum Gasteiger partial charge on any atom is 0.277 e. The fourth-order valence-corrected chi connectivity index (χ4v) is 3.03. The number of carbonyl (C=O) groups excluding carboxylic acids is 1. The molecule has 0 unspecified atom stereocenters. The van der Waals surface area contributed by atoms with Gasteiger partial charge < -0.3 is 14.9 Å². The van der Waals surface area contributed by atoms with Crippen molar-refractivity contribution < 1.29 is 19.7 Å². The highest BCUT2D eigenvalue weighted by Gasteiger charge is 2.11. The lowest BCUT2D eigenvalue weighted by molar-refractivity contribution is -0.123. The van der Waals surface area contributed by atoms with Crippen LogP contribution in [0.4, 0.5) is 0 Å². The van der Waals surface area contributed by atoms with E-state index in [2.05, 4.69) is 33.1 Å². The number of aryl methyl sites for hydroxylation is 1. The lowest BCUT2D eigenvalue weighted by atomic mass is 10.0. The molecule has 2 aromatic carbocycles. The van der Waals surface area contributed by atoms with Gasteiger partial charge in [-0.25, -0.2) is 5.43 Å². The first-order valence-corrected chi connectivity index (χ1v) is 8.67. The van der Waals surface area contributed by atoms with Crippen LogP contribution in [0.1, 0.15) is 16.7 Å². The summed E-state index contributed by atoms with van der Waals surface area (Å²) >= 11 is 7.92. The molecule has 2 aromatic rings. The van der Waals surface area contributed by atoms with Crippen molar-refractivity contribution in [2.75, 3.05) is 6.61 Å². The van der Waals surface area contributed by atoms with Crippen LogP contribution in [0.3, 0.4) is 0 Å². The number of benzene rings is 2. The number of phenolic OH excluding ortho intramolecular Hbond substituents is 2. The largest absolute Gasteiger partial charge is 0.508 e. The Morgan fingerprint density at radius 1 is 1.36 bits per heavy atom. The van der Waals surface area contributed by atoms with Crippen LogP contribution in [0.2, 0.25) is 5.02 Å². The van der Waals surface area contributed by atoms with E-state index in [-0.39, 0.29) is 18.1 Å². The van der Waals surface area contributed by atoms with E-state index in [0.717, 1.165) is 3.57 Å². The van der Waals surface area contributed by atoms with Gasteiger partial charge in [0.25, 0.3) is 5.91 Å². The summed E-state index contributed by atoms with van der Waals surface area (Å²) in [5.41, 5.74) is 3.72. The van der Waals surface area contributed by atoms with Crippen LogP contribution >= 0.6 is 34.2 Å². The Balaban J connectivity index is 1.96. The Bertz CT molecular complexity index is 840. The number of halogens is 2. The Kier molecular flexibility index (Phi) is 6.49. The molecule has 132 valence electrons. The molecule has 25 heavy (non-hydrogen) atoms. The van der Waals surface area contributed by atoms with Crippen LogP contribution in [0.5, 0.6) is 17.2 Å². The summed E-state index contributed by atoms with van der Waals surface area (Å²) in [4.78, 5) is 11.8. The first kappa shape index (κ1) is 19.3. The van der Waals surface area contributed by atoms with Crippen molar-refractivity contribution in [2.45, 2.75) is 13.8 Å². The van der Waals surface area contributed by atoms with E-state index in [9.17, 15) is 15.0 Å². The topological polar surface area (TPSA) is 91.1 Å². The van der Waals surface area contributed by atoms with E-state index in [4.69, 9.17) is 16.3 Å².